The smallest absolute Gasteiger partial charge is 0.296 e. The van der Waals surface area contributed by atoms with Gasteiger partial charge < -0.3 is 24.8 Å². The lowest BCUT2D eigenvalue weighted by atomic mass is 10.1. The Kier molecular flexibility index (Phi) is 7.13. The molecule has 2 N–H and O–H groups in total. The van der Waals surface area contributed by atoms with E-state index in [0.717, 1.165) is 4.57 Å². The number of ether oxygens (including phenoxy) is 2. The molecule has 1 aliphatic heterocycles. The normalized spacial score (nSPS) is 15.0. The van der Waals surface area contributed by atoms with Gasteiger partial charge in [0.15, 0.2) is 22.9 Å². The first-order valence-corrected chi connectivity index (χ1v) is 11.2. The fraction of sp³-hybridized carbons (Fsp3) is 0.333. The van der Waals surface area contributed by atoms with Gasteiger partial charge in [0.1, 0.15) is 5.82 Å². The van der Waals surface area contributed by atoms with Crippen LogP contribution in [0.1, 0.15) is 51.2 Å². The van der Waals surface area contributed by atoms with Gasteiger partial charge in [0.2, 0.25) is 5.75 Å². The number of rotatable bonds is 7. The summed E-state index contributed by atoms with van der Waals surface area (Å²) in [6.45, 7) is 0.458. The van der Waals surface area contributed by atoms with Crippen LogP contribution in [0.5, 0.6) is 17.2 Å². The van der Waals surface area contributed by atoms with Gasteiger partial charge >= 0.3 is 0 Å². The summed E-state index contributed by atoms with van der Waals surface area (Å²) < 4.78 is 11.8. The van der Waals surface area contributed by atoms with Crippen molar-refractivity contribution in [2.45, 2.75) is 25.4 Å². The number of methoxy groups -OCH3 is 2. The van der Waals surface area contributed by atoms with Gasteiger partial charge in [-0.3, -0.25) is 19.0 Å². The molecule has 1 unspecified atom stereocenters. The Morgan fingerprint density at radius 1 is 1.19 bits per heavy atom. The minimum absolute atomic E-state index is 0.0333. The van der Waals surface area contributed by atoms with Gasteiger partial charge in [0.25, 0.3) is 17.4 Å². The van der Waals surface area contributed by atoms with Crippen molar-refractivity contribution < 1.29 is 24.2 Å². The molecule has 0 radical (unpaired) electrons. The molecule has 1 atom stereocenters. The Morgan fingerprint density at radius 2 is 2.00 bits per heavy atom. The number of nitrogens with one attached hydrogen (secondary N) is 1. The molecular formula is C24H26N6O6. The van der Waals surface area contributed by atoms with Crippen LogP contribution in [-0.2, 0) is 13.6 Å². The molecule has 3 heterocycles. The van der Waals surface area contributed by atoms with E-state index in [-0.39, 0.29) is 24.0 Å². The average molecular weight is 495 g/mol. The third-order valence-corrected chi connectivity index (χ3v) is 6.04. The van der Waals surface area contributed by atoms with Crippen LogP contribution < -0.4 is 20.3 Å². The summed E-state index contributed by atoms with van der Waals surface area (Å²) in [4.78, 5) is 44.7. The Hall–Kier alpha value is -4.48. The fourth-order valence-corrected chi connectivity index (χ4v) is 4.26. The van der Waals surface area contributed by atoms with Crippen LogP contribution in [0.4, 0.5) is 0 Å². The second-order valence-corrected chi connectivity index (χ2v) is 8.13. The first-order chi connectivity index (χ1) is 17.4. The number of aromatic hydroxyl groups is 1. The summed E-state index contributed by atoms with van der Waals surface area (Å²) in [6, 6.07) is 7.80. The number of aromatic nitrogens is 4. The van der Waals surface area contributed by atoms with Crippen LogP contribution in [-0.4, -0.2) is 62.3 Å². The molecule has 36 heavy (non-hydrogen) atoms. The number of carbonyl (C=O) groups excluding carboxylic acids is 2. The molecule has 1 aromatic carbocycles. The van der Waals surface area contributed by atoms with Crippen molar-refractivity contribution in [3.05, 3.63) is 69.7 Å². The quantitative estimate of drug-likeness (QED) is 0.494. The Morgan fingerprint density at radius 3 is 2.69 bits per heavy atom. The van der Waals surface area contributed by atoms with E-state index in [2.05, 4.69) is 20.5 Å². The molecule has 4 rings (SSSR count). The molecule has 0 aliphatic carbocycles. The molecule has 1 aliphatic rings. The topological polar surface area (TPSA) is 149 Å². The maximum Gasteiger partial charge on any atom is 0.296 e. The number of benzene rings is 1. The van der Waals surface area contributed by atoms with Crippen molar-refractivity contribution in [1.82, 2.24) is 30.0 Å². The maximum absolute atomic E-state index is 13.0. The molecule has 12 nitrogen and oxygen atoms in total. The molecule has 2 aromatic heterocycles. The average Bonchev–Trinajstić information content (AvgIpc) is 3.40. The molecule has 0 saturated carbocycles. The summed E-state index contributed by atoms with van der Waals surface area (Å²) in [7, 11) is 4.43. The van der Waals surface area contributed by atoms with Crippen LogP contribution in [0.15, 0.2) is 41.3 Å². The highest BCUT2D eigenvalue weighted by Gasteiger charge is 2.35. The van der Waals surface area contributed by atoms with Gasteiger partial charge in [0.05, 0.1) is 20.3 Å². The van der Waals surface area contributed by atoms with Crippen molar-refractivity contribution in [3.63, 3.8) is 0 Å². The lowest BCUT2D eigenvalue weighted by Gasteiger charge is -2.25. The molecule has 3 aromatic rings. The lowest BCUT2D eigenvalue weighted by Crippen LogP contribution is -2.36. The van der Waals surface area contributed by atoms with E-state index in [4.69, 9.17) is 9.47 Å². The van der Waals surface area contributed by atoms with Gasteiger partial charge in [-0.25, -0.2) is 4.98 Å². The molecule has 1 saturated heterocycles. The molecule has 1 fully saturated rings. The number of para-hydroxylation sites is 1. The van der Waals surface area contributed by atoms with Crippen LogP contribution in [0, 0.1) is 0 Å². The van der Waals surface area contributed by atoms with Crippen LogP contribution >= 0.6 is 0 Å². The zero-order valence-electron chi connectivity index (χ0n) is 20.1. The van der Waals surface area contributed by atoms with E-state index in [1.807, 2.05) is 0 Å². The fourth-order valence-electron chi connectivity index (χ4n) is 4.26. The van der Waals surface area contributed by atoms with Crippen molar-refractivity contribution in [2.75, 3.05) is 20.8 Å². The van der Waals surface area contributed by atoms with Crippen LogP contribution in [0.3, 0.4) is 0 Å². The highest BCUT2D eigenvalue weighted by atomic mass is 16.5. The predicted molar refractivity (Wildman–Crippen MR) is 127 cm³/mol. The molecule has 188 valence electrons. The summed E-state index contributed by atoms with van der Waals surface area (Å²) in [6.07, 6.45) is 2.67. The first kappa shape index (κ1) is 24.6. The number of hydrogen-bond acceptors (Lipinski definition) is 9. The standard InChI is InChI=1S/C24H26N6O6/c1-29-21(16-9-6-12-30(16)23(33)15-8-5-11-26-28-15)27-18(19(31)24(29)34)22(32)25-13-14-7-4-10-17(35-2)20(14)36-3/h4-5,7-8,10-11,16,31H,6,9,12-13H2,1-3H3,(H,25,32). The first-order valence-electron chi connectivity index (χ1n) is 11.2. The monoisotopic (exact) mass is 494 g/mol. The van der Waals surface area contributed by atoms with Crippen LogP contribution in [0.25, 0.3) is 0 Å². The number of likely N-dealkylation sites (tertiary alicyclic amines) is 1. The molecule has 2 amide bonds. The third kappa shape index (κ3) is 4.57. The molecule has 0 bridgehead atoms. The molecule has 12 heteroatoms. The SMILES string of the molecule is COc1cccc(CNC(=O)c2nc(C3CCCN3C(=O)c3cccnn3)n(C)c(=O)c2O)c1OC. The Balaban J connectivity index is 1.63. The van der Waals surface area contributed by atoms with Gasteiger partial charge in [-0.2, -0.15) is 5.10 Å². The van der Waals surface area contributed by atoms with E-state index >= 15 is 0 Å². The lowest BCUT2D eigenvalue weighted by molar-refractivity contribution is 0.0719. The van der Waals surface area contributed by atoms with Gasteiger partial charge in [-0.05, 0) is 31.0 Å². The van der Waals surface area contributed by atoms with E-state index in [1.54, 1.807) is 35.2 Å². The second kappa shape index (κ2) is 10.4. The highest BCUT2D eigenvalue weighted by Crippen LogP contribution is 2.33. The number of carbonyl (C=O) groups is 2. The van der Waals surface area contributed by atoms with Crippen LogP contribution in [0.2, 0.25) is 0 Å². The van der Waals surface area contributed by atoms with E-state index < -0.39 is 29.0 Å². The zero-order valence-corrected chi connectivity index (χ0v) is 20.1. The van der Waals surface area contributed by atoms with E-state index in [9.17, 15) is 19.5 Å². The summed E-state index contributed by atoms with van der Waals surface area (Å²) in [5.74, 6) is -0.746. The minimum atomic E-state index is -0.789. The Labute approximate surface area is 206 Å². The second-order valence-electron chi connectivity index (χ2n) is 8.13. The van der Waals surface area contributed by atoms with Gasteiger partial charge in [0, 0.05) is 31.9 Å². The third-order valence-electron chi connectivity index (χ3n) is 6.04. The van der Waals surface area contributed by atoms with Gasteiger partial charge in [-0.1, -0.05) is 12.1 Å². The van der Waals surface area contributed by atoms with Crippen molar-refractivity contribution >= 4 is 11.8 Å². The van der Waals surface area contributed by atoms with E-state index in [0.29, 0.717) is 36.4 Å². The Bertz CT molecular complexity index is 1340. The largest absolute Gasteiger partial charge is 0.501 e. The summed E-state index contributed by atoms with van der Waals surface area (Å²) in [5, 5.41) is 20.7. The van der Waals surface area contributed by atoms with Crippen molar-refractivity contribution in [3.8, 4) is 17.2 Å². The highest BCUT2D eigenvalue weighted by molar-refractivity contribution is 5.95. The van der Waals surface area contributed by atoms with Gasteiger partial charge in [-0.15, -0.1) is 5.10 Å². The number of nitrogens with zero attached hydrogens (tertiary/aromatic N) is 5. The molecule has 0 spiro atoms. The van der Waals surface area contributed by atoms with E-state index in [1.165, 1.54) is 27.5 Å². The predicted octanol–water partition coefficient (Wildman–Crippen LogP) is 1.20. The summed E-state index contributed by atoms with van der Waals surface area (Å²) >= 11 is 0. The number of amides is 2. The zero-order chi connectivity index (χ0) is 25.8. The van der Waals surface area contributed by atoms with Crippen molar-refractivity contribution in [1.29, 1.82) is 0 Å². The molecular weight excluding hydrogens is 468 g/mol. The maximum atomic E-state index is 13.0. The number of hydrogen-bond donors (Lipinski definition) is 2. The minimum Gasteiger partial charge on any atom is -0.501 e. The van der Waals surface area contributed by atoms with Crippen molar-refractivity contribution in [2.24, 2.45) is 7.05 Å². The summed E-state index contributed by atoms with van der Waals surface area (Å²) in [5.41, 5.74) is -0.416.